The Bertz CT molecular complexity index is 467. The molecule has 1 fully saturated rings. The molecule has 0 spiro atoms. The van der Waals surface area contributed by atoms with Crippen LogP contribution in [0.25, 0.3) is 0 Å². The van der Waals surface area contributed by atoms with Gasteiger partial charge in [0, 0.05) is 40.4 Å². The minimum Gasteiger partial charge on any atom is -0.385 e. The number of guanidine groups is 1. The maximum absolute atomic E-state index is 5.09. The second kappa shape index (κ2) is 11.1. The van der Waals surface area contributed by atoms with E-state index in [4.69, 9.17) is 4.74 Å². The molecule has 1 aromatic rings. The molecule has 1 aromatic carbocycles. The van der Waals surface area contributed by atoms with E-state index < -0.39 is 0 Å². The largest absolute Gasteiger partial charge is 0.385 e. The van der Waals surface area contributed by atoms with Gasteiger partial charge in [-0.25, -0.2) is 0 Å². The summed E-state index contributed by atoms with van der Waals surface area (Å²) in [7, 11) is 3.66. The van der Waals surface area contributed by atoms with Crippen molar-refractivity contribution in [3.63, 3.8) is 0 Å². The van der Waals surface area contributed by atoms with E-state index in [0.717, 1.165) is 44.5 Å². The molecule has 134 valence electrons. The first-order valence-corrected chi connectivity index (χ1v) is 9.32. The van der Waals surface area contributed by atoms with Gasteiger partial charge in [-0.3, -0.25) is 4.99 Å². The molecule has 1 heterocycles. The highest BCUT2D eigenvalue weighted by atomic mass is 16.5. The molecule has 1 saturated heterocycles. The first-order valence-electron chi connectivity index (χ1n) is 9.32. The fourth-order valence-corrected chi connectivity index (χ4v) is 3.38. The van der Waals surface area contributed by atoms with Crippen LogP contribution in [0.3, 0.4) is 0 Å². The van der Waals surface area contributed by atoms with Gasteiger partial charge in [0.15, 0.2) is 5.96 Å². The summed E-state index contributed by atoms with van der Waals surface area (Å²) in [5.41, 5.74) is 1.47. The van der Waals surface area contributed by atoms with Crippen LogP contribution in [0.1, 0.15) is 37.7 Å². The standard InChI is InChI=1S/C20H33N3O/c1-21-20(22-13-7-4-8-16-24-2)23-14-11-19(12-15-23)17-18-9-5-3-6-10-18/h3,5-6,9-10,19H,4,7-8,11-17H2,1-2H3,(H,21,22). The number of aliphatic imine (C=N–C) groups is 1. The number of likely N-dealkylation sites (tertiary alicyclic amines) is 1. The fraction of sp³-hybridized carbons (Fsp3) is 0.650. The lowest BCUT2D eigenvalue weighted by atomic mass is 9.90. The van der Waals surface area contributed by atoms with Gasteiger partial charge in [0.1, 0.15) is 0 Å². The fourth-order valence-electron chi connectivity index (χ4n) is 3.38. The van der Waals surface area contributed by atoms with E-state index in [1.807, 2.05) is 7.05 Å². The van der Waals surface area contributed by atoms with Gasteiger partial charge in [0.05, 0.1) is 0 Å². The van der Waals surface area contributed by atoms with E-state index in [1.54, 1.807) is 7.11 Å². The SMILES string of the molecule is CN=C(NCCCCCOC)N1CCC(Cc2ccccc2)CC1. The Hall–Kier alpha value is -1.55. The second-order valence-electron chi connectivity index (χ2n) is 6.65. The Labute approximate surface area is 147 Å². The number of nitrogens with one attached hydrogen (secondary N) is 1. The zero-order chi connectivity index (χ0) is 17.0. The summed E-state index contributed by atoms with van der Waals surface area (Å²) in [4.78, 5) is 6.87. The van der Waals surface area contributed by atoms with E-state index in [-0.39, 0.29) is 0 Å². The van der Waals surface area contributed by atoms with Gasteiger partial charge in [0.2, 0.25) is 0 Å². The molecule has 0 amide bonds. The van der Waals surface area contributed by atoms with Crippen LogP contribution < -0.4 is 5.32 Å². The Morgan fingerprint density at radius 1 is 1.17 bits per heavy atom. The van der Waals surface area contributed by atoms with Gasteiger partial charge < -0.3 is 15.0 Å². The second-order valence-corrected chi connectivity index (χ2v) is 6.65. The summed E-state index contributed by atoms with van der Waals surface area (Å²) in [6.07, 6.45) is 7.23. The Morgan fingerprint density at radius 2 is 1.92 bits per heavy atom. The first-order chi connectivity index (χ1) is 11.8. The number of piperidine rings is 1. The Kier molecular flexibility index (Phi) is 8.67. The average Bonchev–Trinajstić information content (AvgIpc) is 2.63. The quantitative estimate of drug-likeness (QED) is 0.451. The number of nitrogens with zero attached hydrogens (tertiary/aromatic N) is 2. The zero-order valence-corrected chi connectivity index (χ0v) is 15.3. The monoisotopic (exact) mass is 331 g/mol. The molecule has 0 atom stereocenters. The van der Waals surface area contributed by atoms with Crippen molar-refractivity contribution in [3.05, 3.63) is 35.9 Å². The number of benzene rings is 1. The lowest BCUT2D eigenvalue weighted by molar-refractivity contribution is 0.192. The smallest absolute Gasteiger partial charge is 0.193 e. The summed E-state index contributed by atoms with van der Waals surface area (Å²) in [5.74, 6) is 1.87. The molecule has 4 heteroatoms. The molecular formula is C20H33N3O. The summed E-state index contributed by atoms with van der Waals surface area (Å²) < 4.78 is 5.09. The summed E-state index contributed by atoms with van der Waals surface area (Å²) >= 11 is 0. The van der Waals surface area contributed by atoms with E-state index >= 15 is 0 Å². The molecule has 0 radical (unpaired) electrons. The molecule has 4 nitrogen and oxygen atoms in total. The number of hydrogen-bond acceptors (Lipinski definition) is 2. The van der Waals surface area contributed by atoms with Gasteiger partial charge in [0.25, 0.3) is 0 Å². The van der Waals surface area contributed by atoms with Gasteiger partial charge >= 0.3 is 0 Å². The summed E-state index contributed by atoms with van der Waals surface area (Å²) in [6, 6.07) is 10.9. The molecule has 0 saturated carbocycles. The van der Waals surface area contributed by atoms with Crippen LogP contribution in [0.15, 0.2) is 35.3 Å². The Morgan fingerprint density at radius 3 is 2.58 bits per heavy atom. The lowest BCUT2D eigenvalue weighted by Gasteiger charge is -2.34. The molecule has 0 unspecified atom stereocenters. The minimum absolute atomic E-state index is 0.802. The minimum atomic E-state index is 0.802. The topological polar surface area (TPSA) is 36.9 Å². The molecule has 1 aliphatic rings. The van der Waals surface area contributed by atoms with Crippen molar-refractivity contribution in [1.29, 1.82) is 0 Å². The van der Waals surface area contributed by atoms with E-state index in [1.165, 1.54) is 37.7 Å². The van der Waals surface area contributed by atoms with Gasteiger partial charge in [-0.1, -0.05) is 30.3 Å². The maximum atomic E-state index is 5.09. The van der Waals surface area contributed by atoms with E-state index in [0.29, 0.717) is 0 Å². The summed E-state index contributed by atoms with van der Waals surface area (Å²) in [5, 5.41) is 3.52. The van der Waals surface area contributed by atoms with Crippen LogP contribution in [0, 0.1) is 5.92 Å². The molecule has 0 aromatic heterocycles. The first kappa shape index (κ1) is 18.8. The molecule has 2 rings (SSSR count). The third-order valence-corrected chi connectivity index (χ3v) is 4.80. The molecule has 0 bridgehead atoms. The van der Waals surface area contributed by atoms with Crippen LogP contribution >= 0.6 is 0 Å². The molecule has 0 aliphatic carbocycles. The van der Waals surface area contributed by atoms with E-state index in [9.17, 15) is 0 Å². The highest BCUT2D eigenvalue weighted by Crippen LogP contribution is 2.21. The number of ether oxygens (including phenoxy) is 1. The molecule has 1 aliphatic heterocycles. The zero-order valence-electron chi connectivity index (χ0n) is 15.3. The van der Waals surface area contributed by atoms with Crippen molar-refractivity contribution < 1.29 is 4.74 Å². The Balaban J connectivity index is 1.66. The van der Waals surface area contributed by atoms with Crippen LogP contribution in [0.2, 0.25) is 0 Å². The number of hydrogen-bond donors (Lipinski definition) is 1. The van der Waals surface area contributed by atoms with Crippen molar-refractivity contribution in [2.75, 3.05) is 40.4 Å². The van der Waals surface area contributed by atoms with Gasteiger partial charge in [-0.05, 0) is 50.0 Å². The van der Waals surface area contributed by atoms with Crippen LogP contribution in [0.4, 0.5) is 0 Å². The normalized spacial score (nSPS) is 16.4. The third kappa shape index (κ3) is 6.52. The van der Waals surface area contributed by atoms with Crippen LogP contribution in [-0.4, -0.2) is 51.3 Å². The number of methoxy groups -OCH3 is 1. The third-order valence-electron chi connectivity index (χ3n) is 4.80. The number of unbranched alkanes of at least 4 members (excludes halogenated alkanes) is 2. The average molecular weight is 332 g/mol. The maximum Gasteiger partial charge on any atom is 0.193 e. The molecule has 24 heavy (non-hydrogen) atoms. The lowest BCUT2D eigenvalue weighted by Crippen LogP contribution is -2.46. The van der Waals surface area contributed by atoms with Crippen LogP contribution in [0.5, 0.6) is 0 Å². The van der Waals surface area contributed by atoms with Crippen molar-refractivity contribution in [3.8, 4) is 0 Å². The van der Waals surface area contributed by atoms with Crippen molar-refractivity contribution in [2.45, 2.75) is 38.5 Å². The summed E-state index contributed by atoms with van der Waals surface area (Å²) in [6.45, 7) is 4.09. The predicted octanol–water partition coefficient (Wildman–Crippen LogP) is 3.33. The molecular weight excluding hydrogens is 298 g/mol. The van der Waals surface area contributed by atoms with E-state index in [2.05, 4.69) is 45.5 Å². The highest BCUT2D eigenvalue weighted by Gasteiger charge is 2.21. The van der Waals surface area contributed by atoms with Crippen molar-refractivity contribution in [2.24, 2.45) is 10.9 Å². The van der Waals surface area contributed by atoms with Crippen molar-refractivity contribution in [1.82, 2.24) is 10.2 Å². The van der Waals surface area contributed by atoms with Crippen LogP contribution in [-0.2, 0) is 11.2 Å². The van der Waals surface area contributed by atoms with Crippen molar-refractivity contribution >= 4 is 5.96 Å². The number of rotatable bonds is 8. The van der Waals surface area contributed by atoms with Gasteiger partial charge in [-0.15, -0.1) is 0 Å². The highest BCUT2D eigenvalue weighted by molar-refractivity contribution is 5.79. The predicted molar refractivity (Wildman–Crippen MR) is 102 cm³/mol. The van der Waals surface area contributed by atoms with Gasteiger partial charge in [-0.2, -0.15) is 0 Å². The molecule has 1 N–H and O–H groups in total.